The highest BCUT2D eigenvalue weighted by molar-refractivity contribution is 6.32. The molecule has 1 unspecified atom stereocenters. The molecule has 3 heterocycles. The number of aryl methyl sites for hydroxylation is 1. The van der Waals surface area contributed by atoms with E-state index in [4.69, 9.17) is 11.6 Å². The zero-order valence-corrected chi connectivity index (χ0v) is 16.2. The predicted molar refractivity (Wildman–Crippen MR) is 105 cm³/mol. The summed E-state index contributed by atoms with van der Waals surface area (Å²) in [6, 6.07) is 3.10. The maximum atomic E-state index is 15.7. The monoisotopic (exact) mass is 398 g/mol. The first-order valence-electron chi connectivity index (χ1n) is 9.79. The van der Waals surface area contributed by atoms with Gasteiger partial charge in [-0.05, 0) is 61.4 Å². The lowest BCUT2D eigenvalue weighted by molar-refractivity contribution is 0.475. The topological polar surface area (TPSA) is 63.0 Å². The minimum Gasteiger partial charge on any atom is -0.508 e. The van der Waals surface area contributed by atoms with Crippen LogP contribution in [0.1, 0.15) is 35.9 Å². The smallest absolute Gasteiger partial charge is 0.175 e. The SMILES string of the molecule is Cn1nc(C2[C@H]3CNC[C@@H]23)c2cnc(-c3cc(O)cc(Cl)c3C3CC3)c(F)c21. The van der Waals surface area contributed by atoms with Crippen molar-refractivity contribution >= 4 is 22.5 Å². The van der Waals surface area contributed by atoms with Crippen molar-refractivity contribution in [3.8, 4) is 17.0 Å². The van der Waals surface area contributed by atoms with Crippen LogP contribution in [0.4, 0.5) is 4.39 Å². The van der Waals surface area contributed by atoms with Crippen LogP contribution >= 0.6 is 11.6 Å². The van der Waals surface area contributed by atoms with Gasteiger partial charge in [0.15, 0.2) is 5.82 Å². The standard InChI is InChI=1S/C21H20ClFN4O/c1-27-21-14(19(26-27)17-12-6-24-7-13(12)17)8-25-20(18(21)23)11-4-10(28)5-15(22)16(11)9-2-3-9/h4-5,8-9,12-13,17,24,28H,2-3,6-7H2,1H3/t12-,13+,17?. The van der Waals surface area contributed by atoms with Crippen molar-refractivity contribution in [3.05, 3.63) is 40.4 Å². The average molecular weight is 399 g/mol. The molecule has 2 N–H and O–H groups in total. The highest BCUT2D eigenvalue weighted by atomic mass is 35.5. The number of fused-ring (bicyclic) bond motifs is 2. The second-order valence-corrected chi connectivity index (χ2v) is 8.77. The number of nitrogens with one attached hydrogen (secondary N) is 1. The first kappa shape index (κ1) is 16.7. The molecule has 3 atom stereocenters. The van der Waals surface area contributed by atoms with E-state index in [1.807, 2.05) is 0 Å². The molecule has 3 aromatic rings. The highest BCUT2D eigenvalue weighted by Crippen LogP contribution is 2.57. The van der Waals surface area contributed by atoms with Gasteiger partial charge in [-0.15, -0.1) is 0 Å². The molecule has 1 aliphatic heterocycles. The second-order valence-electron chi connectivity index (χ2n) is 8.37. The van der Waals surface area contributed by atoms with Crippen molar-refractivity contribution in [2.45, 2.75) is 24.7 Å². The van der Waals surface area contributed by atoms with E-state index in [1.54, 1.807) is 24.0 Å². The molecule has 1 saturated heterocycles. The van der Waals surface area contributed by atoms with Gasteiger partial charge in [0.25, 0.3) is 0 Å². The van der Waals surface area contributed by atoms with Gasteiger partial charge < -0.3 is 10.4 Å². The van der Waals surface area contributed by atoms with E-state index < -0.39 is 5.82 Å². The predicted octanol–water partition coefficient (Wildman–Crippen LogP) is 3.94. The van der Waals surface area contributed by atoms with E-state index >= 15 is 4.39 Å². The van der Waals surface area contributed by atoms with Gasteiger partial charge in [-0.2, -0.15) is 5.10 Å². The van der Waals surface area contributed by atoms with E-state index in [1.165, 1.54) is 6.07 Å². The highest BCUT2D eigenvalue weighted by Gasteiger charge is 2.55. The van der Waals surface area contributed by atoms with Crippen LogP contribution < -0.4 is 5.32 Å². The molecule has 0 bridgehead atoms. The van der Waals surface area contributed by atoms with Gasteiger partial charge in [0.1, 0.15) is 17.0 Å². The van der Waals surface area contributed by atoms with Crippen molar-refractivity contribution < 1.29 is 9.50 Å². The number of phenols is 1. The summed E-state index contributed by atoms with van der Waals surface area (Å²) >= 11 is 6.40. The van der Waals surface area contributed by atoms with Crippen molar-refractivity contribution in [1.29, 1.82) is 0 Å². The number of nitrogens with zero attached hydrogens (tertiary/aromatic N) is 3. The summed E-state index contributed by atoms with van der Waals surface area (Å²) in [4.78, 5) is 4.49. The molecular weight excluding hydrogens is 379 g/mol. The Bertz CT molecular complexity index is 1130. The molecule has 7 heteroatoms. The van der Waals surface area contributed by atoms with E-state index in [2.05, 4.69) is 15.4 Å². The largest absolute Gasteiger partial charge is 0.508 e. The molecular formula is C21H20ClFN4O. The fourth-order valence-corrected chi connectivity index (χ4v) is 5.46. The van der Waals surface area contributed by atoms with E-state index in [0.29, 0.717) is 39.8 Å². The van der Waals surface area contributed by atoms with Crippen LogP contribution in [0.25, 0.3) is 22.2 Å². The number of pyridine rings is 1. The number of hydrogen-bond acceptors (Lipinski definition) is 4. The Morgan fingerprint density at radius 3 is 2.71 bits per heavy atom. The Morgan fingerprint density at radius 2 is 2.00 bits per heavy atom. The molecule has 2 saturated carbocycles. The number of benzene rings is 1. The van der Waals surface area contributed by atoms with Gasteiger partial charge in [0, 0.05) is 35.1 Å². The lowest BCUT2D eigenvalue weighted by Crippen LogP contribution is -2.14. The van der Waals surface area contributed by atoms with Gasteiger partial charge in [-0.3, -0.25) is 9.67 Å². The number of aromatic nitrogens is 3. The summed E-state index contributed by atoms with van der Waals surface area (Å²) < 4.78 is 17.3. The van der Waals surface area contributed by atoms with Crippen LogP contribution in [0.2, 0.25) is 5.02 Å². The fourth-order valence-electron chi connectivity index (χ4n) is 5.09. The first-order valence-corrected chi connectivity index (χ1v) is 10.2. The van der Waals surface area contributed by atoms with Gasteiger partial charge >= 0.3 is 0 Å². The molecule has 0 radical (unpaired) electrons. The lowest BCUT2D eigenvalue weighted by Gasteiger charge is -2.13. The van der Waals surface area contributed by atoms with Crippen LogP contribution in [-0.2, 0) is 7.05 Å². The zero-order chi connectivity index (χ0) is 19.2. The summed E-state index contributed by atoms with van der Waals surface area (Å²) in [7, 11) is 1.78. The summed E-state index contributed by atoms with van der Waals surface area (Å²) in [6.07, 6.45) is 3.79. The van der Waals surface area contributed by atoms with Gasteiger partial charge in [-0.25, -0.2) is 4.39 Å². The molecule has 28 heavy (non-hydrogen) atoms. The molecule has 6 rings (SSSR count). The summed E-state index contributed by atoms with van der Waals surface area (Å²) in [5, 5.41) is 19.4. The number of phenolic OH excluding ortho intramolecular Hbond substituents is 1. The molecule has 144 valence electrons. The normalized spacial score (nSPS) is 26.0. The fraction of sp³-hybridized carbons (Fsp3) is 0.429. The van der Waals surface area contributed by atoms with Crippen LogP contribution in [0.15, 0.2) is 18.3 Å². The van der Waals surface area contributed by atoms with Gasteiger partial charge in [0.05, 0.1) is 5.69 Å². The summed E-state index contributed by atoms with van der Waals surface area (Å²) in [5.41, 5.74) is 3.14. The molecule has 5 nitrogen and oxygen atoms in total. The Hall–Kier alpha value is -2.18. The zero-order valence-electron chi connectivity index (χ0n) is 15.4. The van der Waals surface area contributed by atoms with E-state index in [9.17, 15) is 5.11 Å². The second kappa shape index (κ2) is 5.67. The third-order valence-corrected chi connectivity index (χ3v) is 6.93. The number of piperidine rings is 1. The Kier molecular flexibility index (Phi) is 3.39. The number of halogens is 2. The van der Waals surface area contributed by atoms with Crippen molar-refractivity contribution in [2.75, 3.05) is 13.1 Å². The number of hydrogen-bond donors (Lipinski definition) is 2. The maximum absolute atomic E-state index is 15.7. The summed E-state index contributed by atoms with van der Waals surface area (Å²) in [6.45, 7) is 2.02. The number of aromatic hydroxyl groups is 1. The minimum atomic E-state index is -0.397. The Labute approximate surface area is 166 Å². The van der Waals surface area contributed by atoms with Gasteiger partial charge in [-0.1, -0.05) is 11.6 Å². The minimum absolute atomic E-state index is 0.0229. The third-order valence-electron chi connectivity index (χ3n) is 6.61. The first-order chi connectivity index (χ1) is 13.5. The van der Waals surface area contributed by atoms with E-state index in [-0.39, 0.29) is 11.4 Å². The van der Waals surface area contributed by atoms with Crippen LogP contribution in [0.5, 0.6) is 5.75 Å². The lowest BCUT2D eigenvalue weighted by atomic mass is 9.98. The van der Waals surface area contributed by atoms with Crippen LogP contribution in [-0.4, -0.2) is 33.0 Å². The van der Waals surface area contributed by atoms with Crippen molar-refractivity contribution in [1.82, 2.24) is 20.1 Å². The van der Waals surface area contributed by atoms with Crippen molar-refractivity contribution in [3.63, 3.8) is 0 Å². The Morgan fingerprint density at radius 1 is 1.25 bits per heavy atom. The Balaban J connectivity index is 1.53. The quantitative estimate of drug-likeness (QED) is 0.701. The van der Waals surface area contributed by atoms with Crippen LogP contribution in [0, 0.1) is 17.7 Å². The molecule has 0 spiro atoms. The average Bonchev–Trinajstić information content (AvgIpc) is 3.53. The third kappa shape index (κ3) is 2.28. The molecule has 0 amide bonds. The van der Waals surface area contributed by atoms with Gasteiger partial charge in [0.2, 0.25) is 0 Å². The molecule has 1 aromatic carbocycles. The molecule has 3 fully saturated rings. The molecule has 3 aliphatic rings. The summed E-state index contributed by atoms with van der Waals surface area (Å²) in [5.74, 6) is 1.54. The van der Waals surface area contributed by atoms with Crippen LogP contribution in [0.3, 0.4) is 0 Å². The van der Waals surface area contributed by atoms with E-state index in [0.717, 1.165) is 42.6 Å². The maximum Gasteiger partial charge on any atom is 0.175 e. The molecule has 2 aliphatic carbocycles. The van der Waals surface area contributed by atoms with Crippen molar-refractivity contribution in [2.24, 2.45) is 18.9 Å². The number of rotatable bonds is 3. The molecule has 2 aromatic heterocycles.